The number of morpholine rings is 1. The lowest BCUT2D eigenvalue weighted by Crippen LogP contribution is -2.36. The van der Waals surface area contributed by atoms with Gasteiger partial charge in [-0.2, -0.15) is 0 Å². The van der Waals surface area contributed by atoms with Gasteiger partial charge in [0.15, 0.2) is 0 Å². The van der Waals surface area contributed by atoms with Crippen LogP contribution in [0, 0.1) is 3.57 Å². The van der Waals surface area contributed by atoms with Crippen molar-refractivity contribution in [1.29, 1.82) is 0 Å². The normalized spacial score (nSPS) is 15.6. The quantitative estimate of drug-likeness (QED) is 0.585. The van der Waals surface area contributed by atoms with Crippen molar-refractivity contribution in [3.8, 4) is 0 Å². The lowest BCUT2D eigenvalue weighted by atomic mass is 10.2. The monoisotopic (exact) mass is 392 g/mol. The predicted octanol–water partition coefficient (Wildman–Crippen LogP) is 3.88. The zero-order valence-electron chi connectivity index (χ0n) is 11.7. The van der Waals surface area contributed by atoms with E-state index in [9.17, 15) is 0 Å². The third-order valence-electron chi connectivity index (χ3n) is 3.44. The maximum Gasteiger partial charge on any atom is 0.0642 e. The number of halogens is 1. The molecule has 1 saturated heterocycles. The zero-order chi connectivity index (χ0) is 14.5. The van der Waals surface area contributed by atoms with Gasteiger partial charge in [-0.3, -0.25) is 4.99 Å². The molecular formula is C17H17IN2O. The van der Waals surface area contributed by atoms with E-state index in [4.69, 9.17) is 4.74 Å². The Kier molecular flexibility index (Phi) is 4.87. The van der Waals surface area contributed by atoms with Crippen LogP contribution in [0.4, 0.5) is 11.4 Å². The third-order valence-corrected chi connectivity index (χ3v) is 4.11. The first-order valence-corrected chi connectivity index (χ1v) is 8.11. The van der Waals surface area contributed by atoms with Crippen LogP contribution in [-0.2, 0) is 4.74 Å². The number of nitrogens with zero attached hydrogens (tertiary/aromatic N) is 2. The second-order valence-corrected chi connectivity index (χ2v) is 6.17. The maximum atomic E-state index is 5.38. The number of rotatable bonds is 3. The molecular weight excluding hydrogens is 375 g/mol. The molecule has 3 rings (SSSR count). The molecule has 0 N–H and O–H groups in total. The summed E-state index contributed by atoms with van der Waals surface area (Å²) in [7, 11) is 0. The summed E-state index contributed by atoms with van der Waals surface area (Å²) in [4.78, 5) is 6.87. The van der Waals surface area contributed by atoms with E-state index >= 15 is 0 Å². The van der Waals surface area contributed by atoms with Gasteiger partial charge in [-0.25, -0.2) is 0 Å². The number of benzene rings is 2. The molecule has 4 heteroatoms. The van der Waals surface area contributed by atoms with Crippen molar-refractivity contribution in [2.45, 2.75) is 0 Å². The van der Waals surface area contributed by atoms with Crippen LogP contribution in [0.5, 0.6) is 0 Å². The van der Waals surface area contributed by atoms with Crippen LogP contribution < -0.4 is 4.90 Å². The van der Waals surface area contributed by atoms with Gasteiger partial charge >= 0.3 is 0 Å². The average molecular weight is 392 g/mol. The Morgan fingerprint density at radius 2 is 1.81 bits per heavy atom. The second-order valence-electron chi connectivity index (χ2n) is 4.93. The Bertz CT molecular complexity index is 619. The predicted molar refractivity (Wildman–Crippen MR) is 95.9 cm³/mol. The minimum atomic E-state index is 0.815. The molecule has 0 bridgehead atoms. The van der Waals surface area contributed by atoms with Gasteiger partial charge in [-0.15, -0.1) is 0 Å². The van der Waals surface area contributed by atoms with Crippen molar-refractivity contribution in [3.63, 3.8) is 0 Å². The summed E-state index contributed by atoms with van der Waals surface area (Å²) in [5.74, 6) is 0. The molecule has 0 aliphatic carbocycles. The van der Waals surface area contributed by atoms with Gasteiger partial charge in [0, 0.05) is 28.6 Å². The van der Waals surface area contributed by atoms with Gasteiger partial charge in [0.05, 0.1) is 18.9 Å². The molecule has 2 aromatic carbocycles. The Hall–Kier alpha value is -1.40. The summed E-state index contributed by atoms with van der Waals surface area (Å²) in [5, 5.41) is 0. The highest BCUT2D eigenvalue weighted by Crippen LogP contribution is 2.18. The average Bonchev–Trinajstić information content (AvgIpc) is 2.54. The standard InChI is InChI=1S/C17H17IN2O/c18-15-2-1-3-16(12-15)19-13-14-4-6-17(7-5-14)20-8-10-21-11-9-20/h1-7,12-13H,8-11H2. The fourth-order valence-electron chi connectivity index (χ4n) is 2.30. The summed E-state index contributed by atoms with van der Waals surface area (Å²) in [6, 6.07) is 16.7. The van der Waals surface area contributed by atoms with E-state index in [1.165, 1.54) is 9.26 Å². The van der Waals surface area contributed by atoms with Crippen molar-refractivity contribution in [2.75, 3.05) is 31.2 Å². The molecule has 1 fully saturated rings. The van der Waals surface area contributed by atoms with Gasteiger partial charge in [-0.1, -0.05) is 18.2 Å². The van der Waals surface area contributed by atoms with Gasteiger partial charge in [0.25, 0.3) is 0 Å². The van der Waals surface area contributed by atoms with Crippen LogP contribution in [0.3, 0.4) is 0 Å². The summed E-state index contributed by atoms with van der Waals surface area (Å²) >= 11 is 2.30. The molecule has 3 nitrogen and oxygen atoms in total. The SMILES string of the molecule is Ic1cccc(N=Cc2ccc(N3CCOCC3)cc2)c1. The van der Waals surface area contributed by atoms with E-state index in [-0.39, 0.29) is 0 Å². The minimum Gasteiger partial charge on any atom is -0.378 e. The van der Waals surface area contributed by atoms with Gasteiger partial charge < -0.3 is 9.64 Å². The second kappa shape index (κ2) is 7.04. The highest BCUT2D eigenvalue weighted by atomic mass is 127. The summed E-state index contributed by atoms with van der Waals surface area (Å²) < 4.78 is 6.58. The van der Waals surface area contributed by atoms with Gasteiger partial charge in [0.2, 0.25) is 0 Å². The maximum absolute atomic E-state index is 5.38. The lowest BCUT2D eigenvalue weighted by Gasteiger charge is -2.28. The molecule has 21 heavy (non-hydrogen) atoms. The molecule has 1 aliphatic heterocycles. The fourth-order valence-corrected chi connectivity index (χ4v) is 2.82. The van der Waals surface area contributed by atoms with Crippen LogP contribution >= 0.6 is 22.6 Å². The van der Waals surface area contributed by atoms with E-state index < -0.39 is 0 Å². The van der Waals surface area contributed by atoms with Crippen molar-refractivity contribution >= 4 is 40.2 Å². The van der Waals surface area contributed by atoms with E-state index in [0.29, 0.717) is 0 Å². The highest BCUT2D eigenvalue weighted by molar-refractivity contribution is 14.1. The number of hydrogen-bond donors (Lipinski definition) is 0. The Morgan fingerprint density at radius 1 is 1.05 bits per heavy atom. The third kappa shape index (κ3) is 4.04. The number of ether oxygens (including phenoxy) is 1. The fraction of sp³-hybridized carbons (Fsp3) is 0.235. The number of aliphatic imine (C=N–C) groups is 1. The molecule has 0 unspecified atom stereocenters. The van der Waals surface area contributed by atoms with E-state index in [1.807, 2.05) is 18.3 Å². The Morgan fingerprint density at radius 3 is 2.52 bits per heavy atom. The van der Waals surface area contributed by atoms with Crippen molar-refractivity contribution < 1.29 is 4.74 Å². The van der Waals surface area contributed by atoms with Crippen LogP contribution in [0.15, 0.2) is 53.5 Å². The molecule has 0 amide bonds. The smallest absolute Gasteiger partial charge is 0.0642 e. The molecule has 0 atom stereocenters. The zero-order valence-corrected chi connectivity index (χ0v) is 13.9. The van der Waals surface area contributed by atoms with Crippen molar-refractivity contribution in [2.24, 2.45) is 4.99 Å². The van der Waals surface area contributed by atoms with E-state index in [2.05, 4.69) is 68.9 Å². The Labute approximate surface area is 138 Å². The number of anilines is 1. The van der Waals surface area contributed by atoms with Gasteiger partial charge in [0.1, 0.15) is 0 Å². The first-order valence-electron chi connectivity index (χ1n) is 7.04. The minimum absolute atomic E-state index is 0.815. The van der Waals surface area contributed by atoms with Gasteiger partial charge in [-0.05, 0) is 58.5 Å². The number of hydrogen-bond acceptors (Lipinski definition) is 3. The molecule has 2 aromatic rings. The van der Waals surface area contributed by atoms with E-state index in [0.717, 1.165) is 37.6 Å². The summed E-state index contributed by atoms with van der Waals surface area (Å²) in [5.41, 5.74) is 3.36. The lowest BCUT2D eigenvalue weighted by molar-refractivity contribution is 0.122. The van der Waals surface area contributed by atoms with Crippen LogP contribution in [-0.4, -0.2) is 32.5 Å². The topological polar surface area (TPSA) is 24.8 Å². The van der Waals surface area contributed by atoms with Crippen molar-refractivity contribution in [3.05, 3.63) is 57.7 Å². The largest absolute Gasteiger partial charge is 0.378 e. The molecule has 0 saturated carbocycles. The van der Waals surface area contributed by atoms with Crippen LogP contribution in [0.25, 0.3) is 0 Å². The highest BCUT2D eigenvalue weighted by Gasteiger charge is 2.10. The molecule has 108 valence electrons. The van der Waals surface area contributed by atoms with Crippen LogP contribution in [0.2, 0.25) is 0 Å². The summed E-state index contributed by atoms with van der Waals surface area (Å²) in [6.45, 7) is 3.57. The first-order chi connectivity index (χ1) is 10.3. The Balaban J connectivity index is 1.69. The first kappa shape index (κ1) is 14.5. The molecule has 1 heterocycles. The molecule has 0 radical (unpaired) electrons. The van der Waals surface area contributed by atoms with Crippen LogP contribution in [0.1, 0.15) is 5.56 Å². The molecule has 0 aromatic heterocycles. The molecule has 1 aliphatic rings. The van der Waals surface area contributed by atoms with Crippen molar-refractivity contribution in [1.82, 2.24) is 0 Å². The van der Waals surface area contributed by atoms with E-state index in [1.54, 1.807) is 0 Å². The summed E-state index contributed by atoms with van der Waals surface area (Å²) in [6.07, 6.45) is 1.91. The molecule has 0 spiro atoms.